The molecule has 0 aromatic carbocycles. The Balaban J connectivity index is 3.14. The van der Waals surface area contributed by atoms with Crippen molar-refractivity contribution in [1.29, 1.82) is 0 Å². The Morgan fingerprint density at radius 2 is 0.717 bits per heavy atom. The number of rotatable bonds is 39. The van der Waals surface area contributed by atoms with Crippen molar-refractivity contribution in [2.75, 3.05) is 145 Å². The van der Waals surface area contributed by atoms with Crippen LogP contribution in [-0.4, -0.2) is 157 Å². The summed E-state index contributed by atoms with van der Waals surface area (Å²) in [6, 6.07) is 0. The van der Waals surface area contributed by atoms with Gasteiger partial charge >= 0.3 is 5.97 Å². The first-order chi connectivity index (χ1) is 22.6. The molecule has 0 aliphatic heterocycles. The number of hydrogen-bond acceptors (Lipinski definition) is 13. The highest BCUT2D eigenvalue weighted by Gasteiger charge is 2.16. The molecule has 0 aliphatic carbocycles. The molecule has 0 rings (SSSR count). The lowest BCUT2D eigenvalue weighted by Crippen LogP contribution is -2.20. The third-order valence-corrected chi connectivity index (χ3v) is 6.23. The second-order valence-electron chi connectivity index (χ2n) is 10.5. The first kappa shape index (κ1) is 45.0. The van der Waals surface area contributed by atoms with E-state index in [0.29, 0.717) is 139 Å². The Bertz CT molecular complexity index is 598. The second-order valence-corrected chi connectivity index (χ2v) is 10.5. The molecule has 0 heterocycles. The van der Waals surface area contributed by atoms with Gasteiger partial charge in [-0.3, -0.25) is 4.79 Å². The van der Waals surface area contributed by atoms with Crippen LogP contribution in [0, 0.1) is 5.92 Å². The van der Waals surface area contributed by atoms with E-state index in [1.54, 1.807) is 0 Å². The summed E-state index contributed by atoms with van der Waals surface area (Å²) in [6.07, 6.45) is 4.07. The van der Waals surface area contributed by atoms with Crippen molar-refractivity contribution in [3.63, 3.8) is 0 Å². The zero-order chi connectivity index (χ0) is 33.6. The van der Waals surface area contributed by atoms with Crippen molar-refractivity contribution in [3.05, 3.63) is 0 Å². The van der Waals surface area contributed by atoms with Crippen molar-refractivity contribution in [2.45, 2.75) is 59.5 Å². The molecular weight excluding hydrogens is 604 g/mol. The molecule has 0 spiro atoms. The average Bonchev–Trinajstić information content (AvgIpc) is 3.05. The van der Waals surface area contributed by atoms with Gasteiger partial charge in [-0.05, 0) is 26.7 Å². The van der Waals surface area contributed by atoms with Crippen molar-refractivity contribution in [1.82, 2.24) is 0 Å². The van der Waals surface area contributed by atoms with Crippen LogP contribution in [0.4, 0.5) is 0 Å². The third-order valence-electron chi connectivity index (χ3n) is 6.23. The van der Waals surface area contributed by atoms with E-state index in [1.807, 2.05) is 20.8 Å². The number of hydrogen-bond donors (Lipinski definition) is 0. The van der Waals surface area contributed by atoms with Gasteiger partial charge in [0, 0.05) is 0 Å². The zero-order valence-electron chi connectivity index (χ0n) is 29.3. The van der Waals surface area contributed by atoms with Crippen molar-refractivity contribution in [3.8, 4) is 0 Å². The monoisotopic (exact) mass is 670 g/mol. The van der Waals surface area contributed by atoms with Crippen LogP contribution in [0.5, 0.6) is 0 Å². The Morgan fingerprint density at radius 1 is 0.435 bits per heavy atom. The van der Waals surface area contributed by atoms with Crippen LogP contribution in [-0.2, 0) is 61.6 Å². The van der Waals surface area contributed by atoms with Gasteiger partial charge in [-0.15, -0.1) is 0 Å². The van der Waals surface area contributed by atoms with Gasteiger partial charge in [0.05, 0.1) is 151 Å². The molecular formula is C33H66O13. The molecule has 0 aliphatic rings. The summed E-state index contributed by atoms with van der Waals surface area (Å²) in [4.78, 5) is 12.0. The standard InChI is InChI=1S/C33H66O13/c1-5-7-8-32(6-2)33(34)46-30-28-44-26-24-42-22-20-40-18-16-38-14-12-36-10-9-35-11-13-37-15-17-39-19-21-41-23-25-43-27-29-45-31(3)4/h31-32H,5-30H2,1-4H3. The van der Waals surface area contributed by atoms with Gasteiger partial charge in [-0.1, -0.05) is 26.7 Å². The molecule has 13 nitrogen and oxygen atoms in total. The van der Waals surface area contributed by atoms with E-state index < -0.39 is 0 Å². The molecule has 0 N–H and O–H groups in total. The summed E-state index contributed by atoms with van der Waals surface area (Å²) in [6.45, 7) is 19.1. The van der Waals surface area contributed by atoms with Gasteiger partial charge in [0.1, 0.15) is 6.61 Å². The van der Waals surface area contributed by atoms with Gasteiger partial charge < -0.3 is 56.8 Å². The smallest absolute Gasteiger partial charge is 0.308 e. The Morgan fingerprint density at radius 3 is 0.978 bits per heavy atom. The summed E-state index contributed by atoms with van der Waals surface area (Å²) in [5.41, 5.74) is 0. The minimum atomic E-state index is -0.119. The number of ether oxygens (including phenoxy) is 12. The molecule has 0 aromatic heterocycles. The minimum Gasteiger partial charge on any atom is -0.463 e. The van der Waals surface area contributed by atoms with E-state index >= 15 is 0 Å². The molecule has 46 heavy (non-hydrogen) atoms. The van der Waals surface area contributed by atoms with Crippen LogP contribution >= 0.6 is 0 Å². The van der Waals surface area contributed by atoms with Crippen molar-refractivity contribution in [2.24, 2.45) is 5.92 Å². The van der Waals surface area contributed by atoms with Crippen LogP contribution in [0.2, 0.25) is 0 Å². The predicted octanol–water partition coefficient (Wildman–Crippen LogP) is 3.34. The van der Waals surface area contributed by atoms with Crippen molar-refractivity contribution < 1.29 is 61.6 Å². The first-order valence-electron chi connectivity index (χ1n) is 17.2. The maximum atomic E-state index is 12.0. The molecule has 0 saturated carbocycles. The van der Waals surface area contributed by atoms with Crippen LogP contribution in [0.1, 0.15) is 53.4 Å². The quantitative estimate of drug-likeness (QED) is 0.0702. The molecule has 13 heteroatoms. The highest BCUT2D eigenvalue weighted by Crippen LogP contribution is 2.14. The average molecular weight is 671 g/mol. The molecule has 1 unspecified atom stereocenters. The molecule has 0 bridgehead atoms. The van der Waals surface area contributed by atoms with Gasteiger partial charge in [-0.25, -0.2) is 0 Å². The highest BCUT2D eigenvalue weighted by atomic mass is 16.6. The third kappa shape index (κ3) is 35.9. The van der Waals surface area contributed by atoms with E-state index in [1.165, 1.54) is 0 Å². The number of unbranched alkanes of at least 4 members (excludes halogenated alkanes) is 1. The van der Waals surface area contributed by atoms with E-state index in [4.69, 9.17) is 56.8 Å². The molecule has 276 valence electrons. The van der Waals surface area contributed by atoms with Crippen LogP contribution in [0.15, 0.2) is 0 Å². The number of esters is 1. The molecule has 1 atom stereocenters. The second kappa shape index (κ2) is 38.5. The minimum absolute atomic E-state index is 0.00259. The van der Waals surface area contributed by atoms with E-state index in [2.05, 4.69) is 6.92 Å². The van der Waals surface area contributed by atoms with E-state index in [-0.39, 0.29) is 24.6 Å². The lowest BCUT2D eigenvalue weighted by Gasteiger charge is -2.13. The van der Waals surface area contributed by atoms with Crippen molar-refractivity contribution >= 4 is 5.97 Å². The molecule has 0 saturated heterocycles. The Hall–Kier alpha value is -0.970. The molecule has 0 aromatic rings. The van der Waals surface area contributed by atoms with Crippen LogP contribution < -0.4 is 0 Å². The fraction of sp³-hybridized carbons (Fsp3) is 0.970. The molecule has 0 radical (unpaired) electrons. The Labute approximate surface area is 278 Å². The van der Waals surface area contributed by atoms with Gasteiger partial charge in [0.2, 0.25) is 0 Å². The number of carbonyl (C=O) groups is 1. The fourth-order valence-electron chi connectivity index (χ4n) is 3.68. The largest absolute Gasteiger partial charge is 0.463 e. The fourth-order valence-corrected chi connectivity index (χ4v) is 3.68. The zero-order valence-corrected chi connectivity index (χ0v) is 29.3. The van der Waals surface area contributed by atoms with Crippen LogP contribution in [0.3, 0.4) is 0 Å². The summed E-state index contributed by atoms with van der Waals surface area (Å²) in [5, 5.41) is 0. The lowest BCUT2D eigenvalue weighted by atomic mass is 10.00. The van der Waals surface area contributed by atoms with Crippen LogP contribution in [0.25, 0.3) is 0 Å². The summed E-state index contributed by atoms with van der Waals surface area (Å²) >= 11 is 0. The topological polar surface area (TPSA) is 128 Å². The van der Waals surface area contributed by atoms with Gasteiger partial charge in [0.15, 0.2) is 0 Å². The van der Waals surface area contributed by atoms with E-state index in [0.717, 1.165) is 25.7 Å². The van der Waals surface area contributed by atoms with Gasteiger partial charge in [0.25, 0.3) is 0 Å². The lowest BCUT2D eigenvalue weighted by molar-refractivity contribution is -0.150. The first-order valence-corrected chi connectivity index (χ1v) is 17.2. The maximum absolute atomic E-state index is 12.0. The summed E-state index contributed by atoms with van der Waals surface area (Å²) < 4.78 is 65.3. The normalized spacial score (nSPS) is 12.3. The highest BCUT2D eigenvalue weighted by molar-refractivity contribution is 5.72. The summed E-state index contributed by atoms with van der Waals surface area (Å²) in [7, 11) is 0. The predicted molar refractivity (Wildman–Crippen MR) is 174 cm³/mol. The maximum Gasteiger partial charge on any atom is 0.308 e. The molecule has 0 amide bonds. The number of carbonyl (C=O) groups excluding carboxylic acids is 1. The van der Waals surface area contributed by atoms with Gasteiger partial charge in [-0.2, -0.15) is 0 Å². The molecule has 0 fully saturated rings. The summed E-state index contributed by atoms with van der Waals surface area (Å²) in [5.74, 6) is -0.122. The van der Waals surface area contributed by atoms with E-state index in [9.17, 15) is 4.79 Å². The Kier molecular flexibility index (Phi) is 37.7. The SMILES string of the molecule is CCCCC(CC)C(=O)OCCOCCOCCOCCOCCOCCOCCOCCOCCOCCOCCOC(C)C.